The van der Waals surface area contributed by atoms with Crippen molar-refractivity contribution in [1.82, 2.24) is 5.32 Å². The summed E-state index contributed by atoms with van der Waals surface area (Å²) in [5, 5.41) is 13.1. The van der Waals surface area contributed by atoms with E-state index in [1.165, 1.54) is 25.3 Å². The zero-order valence-electron chi connectivity index (χ0n) is 11.1. The molecule has 0 aromatic heterocycles. The molecule has 2 nitrogen and oxygen atoms in total. The van der Waals surface area contributed by atoms with Gasteiger partial charge in [-0.25, -0.2) is 4.39 Å². The normalized spacial score (nSPS) is 18.5. The average molecular weight is 286 g/mol. The highest BCUT2D eigenvalue weighted by Crippen LogP contribution is 2.35. The molecule has 2 rings (SSSR count). The van der Waals surface area contributed by atoms with Crippen molar-refractivity contribution in [3.8, 4) is 0 Å². The summed E-state index contributed by atoms with van der Waals surface area (Å²) in [6.07, 6.45) is 5.84. The minimum Gasteiger partial charge on any atom is -0.396 e. The van der Waals surface area contributed by atoms with Gasteiger partial charge >= 0.3 is 0 Å². The second-order valence-corrected chi connectivity index (χ2v) is 5.98. The standard InChI is InChI=1S/C15H21ClFNO/c16-13-8-12(4-5-14(13)17)9-18-10-15(11-19)6-2-1-3-7-15/h4-5,8,18-19H,1-3,6-7,9-11H2. The molecule has 1 fully saturated rings. The van der Waals surface area contributed by atoms with Crippen LogP contribution in [0.4, 0.5) is 4.39 Å². The van der Waals surface area contributed by atoms with Gasteiger partial charge in [-0.15, -0.1) is 0 Å². The first-order valence-corrected chi connectivity index (χ1v) is 7.29. The van der Waals surface area contributed by atoms with Crippen LogP contribution in [0.1, 0.15) is 37.7 Å². The van der Waals surface area contributed by atoms with E-state index in [-0.39, 0.29) is 22.9 Å². The van der Waals surface area contributed by atoms with Crippen LogP contribution in [0.2, 0.25) is 5.02 Å². The van der Waals surface area contributed by atoms with E-state index in [9.17, 15) is 9.50 Å². The first-order chi connectivity index (χ1) is 9.15. The molecular formula is C15H21ClFNO. The smallest absolute Gasteiger partial charge is 0.141 e. The van der Waals surface area contributed by atoms with E-state index < -0.39 is 0 Å². The largest absolute Gasteiger partial charge is 0.396 e. The van der Waals surface area contributed by atoms with Gasteiger partial charge in [-0.1, -0.05) is 36.9 Å². The highest BCUT2D eigenvalue weighted by atomic mass is 35.5. The molecule has 106 valence electrons. The second-order valence-electron chi connectivity index (χ2n) is 5.57. The summed E-state index contributed by atoms with van der Waals surface area (Å²) in [4.78, 5) is 0. The maximum Gasteiger partial charge on any atom is 0.141 e. The molecule has 1 aliphatic rings. The fourth-order valence-corrected chi connectivity index (χ4v) is 3.02. The number of aliphatic hydroxyl groups is 1. The fraction of sp³-hybridized carbons (Fsp3) is 0.600. The molecule has 0 spiro atoms. The van der Waals surface area contributed by atoms with E-state index in [0.717, 1.165) is 24.9 Å². The fourth-order valence-electron chi connectivity index (χ4n) is 2.81. The molecule has 2 N–H and O–H groups in total. The van der Waals surface area contributed by atoms with Crippen LogP contribution in [0.25, 0.3) is 0 Å². The molecule has 0 aliphatic heterocycles. The molecule has 0 radical (unpaired) electrons. The first-order valence-electron chi connectivity index (χ1n) is 6.91. The third-order valence-electron chi connectivity index (χ3n) is 4.06. The maximum absolute atomic E-state index is 13.0. The zero-order valence-corrected chi connectivity index (χ0v) is 11.8. The lowest BCUT2D eigenvalue weighted by atomic mass is 9.74. The van der Waals surface area contributed by atoms with Gasteiger partial charge < -0.3 is 10.4 Å². The second kappa shape index (κ2) is 6.69. The summed E-state index contributed by atoms with van der Waals surface area (Å²) >= 11 is 5.75. The number of hydrogen-bond donors (Lipinski definition) is 2. The molecule has 1 aliphatic carbocycles. The third-order valence-corrected chi connectivity index (χ3v) is 4.35. The molecule has 0 atom stereocenters. The van der Waals surface area contributed by atoms with Gasteiger partial charge in [0.2, 0.25) is 0 Å². The maximum atomic E-state index is 13.0. The summed E-state index contributed by atoms with van der Waals surface area (Å²) in [5.41, 5.74) is 0.998. The summed E-state index contributed by atoms with van der Waals surface area (Å²) in [5.74, 6) is -0.385. The topological polar surface area (TPSA) is 32.3 Å². The molecule has 0 amide bonds. The minimum atomic E-state index is -0.385. The Balaban J connectivity index is 1.86. The van der Waals surface area contributed by atoms with Crippen molar-refractivity contribution in [3.63, 3.8) is 0 Å². The number of hydrogen-bond acceptors (Lipinski definition) is 2. The number of benzene rings is 1. The van der Waals surface area contributed by atoms with Crippen molar-refractivity contribution < 1.29 is 9.50 Å². The van der Waals surface area contributed by atoms with Gasteiger partial charge in [0, 0.05) is 25.1 Å². The van der Waals surface area contributed by atoms with E-state index in [1.54, 1.807) is 12.1 Å². The molecule has 1 aromatic carbocycles. The van der Waals surface area contributed by atoms with E-state index in [1.807, 2.05) is 0 Å². The van der Waals surface area contributed by atoms with Crippen molar-refractivity contribution in [3.05, 3.63) is 34.6 Å². The van der Waals surface area contributed by atoms with Gasteiger partial charge in [-0.3, -0.25) is 0 Å². The van der Waals surface area contributed by atoms with Crippen molar-refractivity contribution in [2.75, 3.05) is 13.2 Å². The molecule has 0 bridgehead atoms. The van der Waals surface area contributed by atoms with E-state index in [0.29, 0.717) is 6.54 Å². The van der Waals surface area contributed by atoms with Crippen LogP contribution in [0, 0.1) is 11.2 Å². The van der Waals surface area contributed by atoms with Crippen LogP contribution in [-0.2, 0) is 6.54 Å². The van der Waals surface area contributed by atoms with E-state index >= 15 is 0 Å². The van der Waals surface area contributed by atoms with Crippen molar-refractivity contribution in [2.24, 2.45) is 5.41 Å². The first kappa shape index (κ1) is 14.8. The Morgan fingerprint density at radius 3 is 2.63 bits per heavy atom. The minimum absolute atomic E-state index is 0.0298. The lowest BCUT2D eigenvalue weighted by molar-refractivity contribution is 0.0810. The van der Waals surface area contributed by atoms with Crippen LogP contribution in [0.15, 0.2) is 18.2 Å². The SMILES string of the molecule is OCC1(CNCc2ccc(F)c(Cl)c2)CCCCC1. The van der Waals surface area contributed by atoms with Crippen LogP contribution >= 0.6 is 11.6 Å². The predicted octanol–water partition coefficient (Wildman–Crippen LogP) is 3.51. The number of aliphatic hydroxyl groups excluding tert-OH is 1. The van der Waals surface area contributed by atoms with Gasteiger partial charge in [0.25, 0.3) is 0 Å². The molecule has 0 saturated heterocycles. The monoisotopic (exact) mass is 285 g/mol. The Bertz CT molecular complexity index is 419. The van der Waals surface area contributed by atoms with Gasteiger partial charge in [-0.2, -0.15) is 0 Å². The van der Waals surface area contributed by atoms with Crippen LogP contribution < -0.4 is 5.32 Å². The van der Waals surface area contributed by atoms with Crippen molar-refractivity contribution in [1.29, 1.82) is 0 Å². The van der Waals surface area contributed by atoms with Crippen LogP contribution in [0.5, 0.6) is 0 Å². The molecule has 1 saturated carbocycles. The molecule has 0 unspecified atom stereocenters. The number of rotatable bonds is 5. The van der Waals surface area contributed by atoms with Gasteiger partial charge in [0.05, 0.1) is 5.02 Å². The highest BCUT2D eigenvalue weighted by Gasteiger charge is 2.30. The quantitative estimate of drug-likeness (QED) is 0.868. The van der Waals surface area contributed by atoms with Gasteiger partial charge in [0.1, 0.15) is 5.82 Å². The Morgan fingerprint density at radius 2 is 2.00 bits per heavy atom. The molecule has 4 heteroatoms. The van der Waals surface area contributed by atoms with E-state index in [2.05, 4.69) is 5.32 Å². The summed E-state index contributed by atoms with van der Waals surface area (Å²) in [6, 6.07) is 4.78. The predicted molar refractivity (Wildman–Crippen MR) is 75.7 cm³/mol. The Labute approximate surface area is 119 Å². The Hall–Kier alpha value is -0.640. The van der Waals surface area contributed by atoms with Crippen LogP contribution in [0.3, 0.4) is 0 Å². The average Bonchev–Trinajstić information content (AvgIpc) is 2.44. The molecule has 1 aromatic rings. The Kier molecular flexibility index (Phi) is 5.20. The number of halogens is 2. The number of nitrogens with one attached hydrogen (secondary N) is 1. The summed E-state index contributed by atoms with van der Waals surface area (Å²) in [7, 11) is 0. The van der Waals surface area contributed by atoms with Gasteiger partial charge in [0.15, 0.2) is 0 Å². The Morgan fingerprint density at radius 1 is 1.26 bits per heavy atom. The van der Waals surface area contributed by atoms with Gasteiger partial charge in [-0.05, 0) is 30.5 Å². The highest BCUT2D eigenvalue weighted by molar-refractivity contribution is 6.30. The van der Waals surface area contributed by atoms with E-state index in [4.69, 9.17) is 11.6 Å². The van der Waals surface area contributed by atoms with Crippen molar-refractivity contribution >= 4 is 11.6 Å². The summed E-state index contributed by atoms with van der Waals surface area (Å²) < 4.78 is 13.0. The molecular weight excluding hydrogens is 265 g/mol. The third kappa shape index (κ3) is 3.91. The lowest BCUT2D eigenvalue weighted by Gasteiger charge is -2.35. The molecule has 0 heterocycles. The lowest BCUT2D eigenvalue weighted by Crippen LogP contribution is -2.38. The summed E-state index contributed by atoms with van der Waals surface area (Å²) in [6.45, 7) is 1.70. The molecule has 19 heavy (non-hydrogen) atoms. The zero-order chi connectivity index (χ0) is 13.7. The van der Waals surface area contributed by atoms with Crippen molar-refractivity contribution in [2.45, 2.75) is 38.6 Å². The van der Waals surface area contributed by atoms with Crippen LogP contribution in [-0.4, -0.2) is 18.3 Å².